The van der Waals surface area contributed by atoms with Gasteiger partial charge in [-0.1, -0.05) is 30.3 Å². The van der Waals surface area contributed by atoms with Gasteiger partial charge in [0, 0.05) is 5.69 Å². The van der Waals surface area contributed by atoms with Gasteiger partial charge in [-0.3, -0.25) is 4.90 Å². The molecular formula is C19H22N2O2. The van der Waals surface area contributed by atoms with Gasteiger partial charge in [-0.2, -0.15) is 0 Å². The minimum atomic E-state index is -0.533. The summed E-state index contributed by atoms with van der Waals surface area (Å²) in [7, 11) is 0. The molecule has 0 fully saturated rings. The maximum absolute atomic E-state index is 12.8. The van der Waals surface area contributed by atoms with E-state index in [0.717, 1.165) is 23.2 Å². The lowest BCUT2D eigenvalue weighted by atomic mass is 10.0. The fourth-order valence-electron chi connectivity index (χ4n) is 2.95. The number of fused-ring (bicyclic) bond motifs is 1. The maximum atomic E-state index is 12.8. The van der Waals surface area contributed by atoms with E-state index in [1.54, 1.807) is 4.90 Å². The number of nitrogens with two attached hydrogens (primary N) is 1. The zero-order valence-electron chi connectivity index (χ0n) is 13.7. The van der Waals surface area contributed by atoms with Gasteiger partial charge in [-0.25, -0.2) is 4.79 Å². The number of nitrogens with zero attached hydrogens (tertiary/aromatic N) is 1. The number of hydrogen-bond donors (Lipinski definition) is 1. The van der Waals surface area contributed by atoms with E-state index in [1.807, 2.05) is 69.3 Å². The van der Waals surface area contributed by atoms with Crippen molar-refractivity contribution in [2.75, 3.05) is 10.6 Å². The highest BCUT2D eigenvalue weighted by atomic mass is 16.6. The predicted octanol–water partition coefficient (Wildman–Crippen LogP) is 4.31. The fourth-order valence-corrected chi connectivity index (χ4v) is 2.95. The number of amides is 1. The van der Waals surface area contributed by atoms with Crippen LogP contribution in [0.3, 0.4) is 0 Å². The van der Waals surface area contributed by atoms with Crippen molar-refractivity contribution in [1.29, 1.82) is 0 Å². The van der Waals surface area contributed by atoms with Gasteiger partial charge in [0.2, 0.25) is 0 Å². The molecule has 2 aromatic rings. The fraction of sp³-hybridized carbons (Fsp3) is 0.316. The zero-order chi connectivity index (χ0) is 16.6. The van der Waals surface area contributed by atoms with Crippen LogP contribution in [0.25, 0.3) is 0 Å². The first-order valence-corrected chi connectivity index (χ1v) is 7.81. The van der Waals surface area contributed by atoms with Gasteiger partial charge in [0.15, 0.2) is 0 Å². The van der Waals surface area contributed by atoms with Gasteiger partial charge in [-0.15, -0.1) is 0 Å². The summed E-state index contributed by atoms with van der Waals surface area (Å²) in [5.41, 5.74) is 9.12. The number of ether oxygens (including phenoxy) is 1. The van der Waals surface area contributed by atoms with Crippen LogP contribution in [0.15, 0.2) is 48.5 Å². The maximum Gasteiger partial charge on any atom is 0.415 e. The van der Waals surface area contributed by atoms with Crippen molar-refractivity contribution < 1.29 is 9.53 Å². The highest BCUT2D eigenvalue weighted by molar-refractivity contribution is 5.92. The molecule has 0 radical (unpaired) electrons. The average molecular weight is 310 g/mol. The topological polar surface area (TPSA) is 55.6 Å². The Morgan fingerprint density at radius 1 is 1.17 bits per heavy atom. The second-order valence-electron chi connectivity index (χ2n) is 6.87. The van der Waals surface area contributed by atoms with Crippen LogP contribution in [0.1, 0.15) is 37.9 Å². The summed E-state index contributed by atoms with van der Waals surface area (Å²) in [5, 5.41) is 0. The summed E-state index contributed by atoms with van der Waals surface area (Å²) in [5.74, 6) is 0. The van der Waals surface area contributed by atoms with Crippen LogP contribution in [0, 0.1) is 0 Å². The van der Waals surface area contributed by atoms with E-state index in [0.29, 0.717) is 5.69 Å². The average Bonchev–Trinajstić information content (AvgIpc) is 2.85. The molecule has 120 valence electrons. The van der Waals surface area contributed by atoms with Crippen LogP contribution in [0.4, 0.5) is 16.2 Å². The lowest BCUT2D eigenvalue weighted by molar-refractivity contribution is 0.0569. The molecule has 0 saturated heterocycles. The SMILES string of the molecule is CC(C)(C)OC(=O)N1c2ccc(N)cc2CC1c1ccccc1. The van der Waals surface area contributed by atoms with Gasteiger partial charge in [0.25, 0.3) is 0 Å². The lowest BCUT2D eigenvalue weighted by Crippen LogP contribution is -2.37. The zero-order valence-corrected chi connectivity index (χ0v) is 13.7. The molecule has 4 nitrogen and oxygen atoms in total. The molecule has 1 unspecified atom stereocenters. The highest BCUT2D eigenvalue weighted by Crippen LogP contribution is 2.41. The molecule has 1 aliphatic heterocycles. The number of benzene rings is 2. The second-order valence-corrected chi connectivity index (χ2v) is 6.87. The molecule has 0 bridgehead atoms. The van der Waals surface area contributed by atoms with Crippen LogP contribution in [-0.2, 0) is 11.2 Å². The summed E-state index contributed by atoms with van der Waals surface area (Å²) in [6.45, 7) is 5.63. The Bertz CT molecular complexity index is 720. The first-order chi connectivity index (χ1) is 10.8. The van der Waals surface area contributed by atoms with Crippen LogP contribution >= 0.6 is 0 Å². The van der Waals surface area contributed by atoms with E-state index >= 15 is 0 Å². The van der Waals surface area contributed by atoms with E-state index in [4.69, 9.17) is 10.5 Å². The Morgan fingerprint density at radius 3 is 2.52 bits per heavy atom. The molecule has 1 atom stereocenters. The summed E-state index contributed by atoms with van der Waals surface area (Å²) < 4.78 is 5.62. The number of rotatable bonds is 1. The lowest BCUT2D eigenvalue weighted by Gasteiger charge is -2.29. The van der Waals surface area contributed by atoms with E-state index in [-0.39, 0.29) is 12.1 Å². The summed E-state index contributed by atoms with van der Waals surface area (Å²) in [6.07, 6.45) is 0.416. The normalized spacial score (nSPS) is 17.0. The van der Waals surface area contributed by atoms with Gasteiger partial charge >= 0.3 is 6.09 Å². The third kappa shape index (κ3) is 3.16. The number of carbonyl (C=O) groups is 1. The monoisotopic (exact) mass is 310 g/mol. The Hall–Kier alpha value is -2.49. The Balaban J connectivity index is 2.01. The van der Waals surface area contributed by atoms with E-state index in [1.165, 1.54) is 0 Å². The van der Waals surface area contributed by atoms with Crippen molar-refractivity contribution in [2.24, 2.45) is 0 Å². The highest BCUT2D eigenvalue weighted by Gasteiger charge is 2.37. The molecule has 3 rings (SSSR count). The molecule has 1 amide bonds. The summed E-state index contributed by atoms with van der Waals surface area (Å²) >= 11 is 0. The van der Waals surface area contributed by atoms with Crippen molar-refractivity contribution in [2.45, 2.75) is 38.8 Å². The standard InChI is InChI=1S/C19H22N2O2/c1-19(2,3)23-18(22)21-16-10-9-15(20)11-14(16)12-17(21)13-7-5-4-6-8-13/h4-11,17H,12,20H2,1-3H3. The molecule has 1 heterocycles. The predicted molar refractivity (Wildman–Crippen MR) is 92.5 cm³/mol. The first kappa shape index (κ1) is 15.4. The van der Waals surface area contributed by atoms with E-state index in [9.17, 15) is 4.79 Å². The van der Waals surface area contributed by atoms with Crippen LogP contribution in [0.2, 0.25) is 0 Å². The van der Waals surface area contributed by atoms with Crippen molar-refractivity contribution >= 4 is 17.5 Å². The van der Waals surface area contributed by atoms with Gasteiger partial charge < -0.3 is 10.5 Å². The smallest absolute Gasteiger partial charge is 0.415 e. The molecule has 0 saturated carbocycles. The van der Waals surface area contributed by atoms with E-state index < -0.39 is 5.60 Å². The molecule has 1 aliphatic rings. The Labute approximate surface area is 136 Å². The molecule has 0 spiro atoms. The van der Waals surface area contributed by atoms with Gasteiger partial charge in [0.1, 0.15) is 5.60 Å². The third-order valence-corrected chi connectivity index (χ3v) is 3.86. The van der Waals surface area contributed by atoms with Crippen LogP contribution in [-0.4, -0.2) is 11.7 Å². The van der Waals surface area contributed by atoms with Gasteiger partial charge in [0.05, 0.1) is 11.7 Å². The molecular weight excluding hydrogens is 288 g/mol. The number of anilines is 2. The second kappa shape index (κ2) is 5.61. The Kier molecular flexibility index (Phi) is 3.76. The minimum absolute atomic E-state index is 0.0668. The third-order valence-electron chi connectivity index (χ3n) is 3.86. The van der Waals surface area contributed by atoms with Gasteiger partial charge in [-0.05, 0) is 56.5 Å². The van der Waals surface area contributed by atoms with Crippen LogP contribution in [0.5, 0.6) is 0 Å². The number of hydrogen-bond acceptors (Lipinski definition) is 3. The quantitative estimate of drug-likeness (QED) is 0.799. The van der Waals surface area contributed by atoms with E-state index in [2.05, 4.69) is 0 Å². The molecule has 4 heteroatoms. The molecule has 23 heavy (non-hydrogen) atoms. The van der Waals surface area contributed by atoms with Crippen molar-refractivity contribution in [3.05, 3.63) is 59.7 Å². The number of nitrogen functional groups attached to an aromatic ring is 1. The minimum Gasteiger partial charge on any atom is -0.443 e. The number of carbonyl (C=O) groups excluding carboxylic acids is 1. The van der Waals surface area contributed by atoms with Crippen molar-refractivity contribution in [1.82, 2.24) is 0 Å². The van der Waals surface area contributed by atoms with Crippen molar-refractivity contribution in [3.63, 3.8) is 0 Å². The van der Waals surface area contributed by atoms with Crippen molar-refractivity contribution in [3.8, 4) is 0 Å². The molecule has 2 N–H and O–H groups in total. The largest absolute Gasteiger partial charge is 0.443 e. The molecule has 0 aromatic heterocycles. The first-order valence-electron chi connectivity index (χ1n) is 7.81. The van der Waals surface area contributed by atoms with Crippen LogP contribution < -0.4 is 10.6 Å². The molecule has 2 aromatic carbocycles. The molecule has 0 aliphatic carbocycles. The Morgan fingerprint density at radius 2 is 1.87 bits per heavy atom. The summed E-state index contributed by atoms with van der Waals surface area (Å²) in [6, 6.07) is 15.6. The summed E-state index contributed by atoms with van der Waals surface area (Å²) in [4.78, 5) is 14.5.